The van der Waals surface area contributed by atoms with Crippen LogP contribution in [-0.2, 0) is 19.6 Å². The molecular weight excluding hydrogens is 429 g/mol. The molecule has 1 aromatic rings. The second-order valence-electron chi connectivity index (χ2n) is 7.16. The lowest BCUT2D eigenvalue weighted by Crippen LogP contribution is -2.46. The van der Waals surface area contributed by atoms with Crippen molar-refractivity contribution >= 4 is 27.9 Å². The van der Waals surface area contributed by atoms with E-state index in [0.717, 1.165) is 54.6 Å². The first kappa shape index (κ1) is 24.7. The molecule has 0 bridgehead atoms. The van der Waals surface area contributed by atoms with E-state index in [2.05, 4.69) is 10.6 Å². The minimum absolute atomic E-state index is 0.00584. The van der Waals surface area contributed by atoms with Gasteiger partial charge in [-0.1, -0.05) is 33.1 Å². The molecule has 0 saturated heterocycles. The number of hydrogen-bond acceptors (Lipinski definition) is 6. The van der Waals surface area contributed by atoms with Crippen LogP contribution in [0.3, 0.4) is 0 Å². The summed E-state index contributed by atoms with van der Waals surface area (Å²) in [7, 11) is -3.91. The number of nitrogens with zero attached hydrogens (tertiary/aromatic N) is 1. The van der Waals surface area contributed by atoms with Crippen molar-refractivity contribution in [1.82, 2.24) is 14.9 Å². The Kier molecular flexibility index (Phi) is 8.93. The second kappa shape index (κ2) is 11.2. The average molecular weight is 458 g/mol. The van der Waals surface area contributed by atoms with Crippen LogP contribution >= 0.6 is 0 Å². The number of amides is 3. The molecule has 0 aliphatic heterocycles. The molecule has 0 heterocycles. The zero-order valence-corrected chi connectivity index (χ0v) is 18.5. The van der Waals surface area contributed by atoms with E-state index in [0.29, 0.717) is 0 Å². The molecule has 31 heavy (non-hydrogen) atoms. The fourth-order valence-electron chi connectivity index (χ4n) is 3.37. The van der Waals surface area contributed by atoms with E-state index in [1.54, 1.807) is 13.8 Å². The van der Waals surface area contributed by atoms with E-state index >= 15 is 0 Å². The summed E-state index contributed by atoms with van der Waals surface area (Å²) >= 11 is 0. The van der Waals surface area contributed by atoms with Gasteiger partial charge in [-0.25, -0.2) is 22.4 Å². The molecule has 2 N–H and O–H groups in total. The molecular formula is C20H28FN3O6S. The molecule has 1 aromatic carbocycles. The highest BCUT2D eigenvalue weighted by Crippen LogP contribution is 2.20. The van der Waals surface area contributed by atoms with E-state index in [-0.39, 0.29) is 24.0 Å². The maximum absolute atomic E-state index is 14.1. The number of carbonyl (C=O) groups is 3. The van der Waals surface area contributed by atoms with Gasteiger partial charge in [-0.05, 0) is 31.0 Å². The normalized spacial score (nSPS) is 14.8. The van der Waals surface area contributed by atoms with Crippen LogP contribution in [0, 0.1) is 5.82 Å². The third-order valence-corrected chi connectivity index (χ3v) is 7.07. The number of sulfonamides is 1. The van der Waals surface area contributed by atoms with E-state index in [4.69, 9.17) is 4.74 Å². The Morgan fingerprint density at radius 1 is 1.13 bits per heavy atom. The molecule has 172 valence electrons. The van der Waals surface area contributed by atoms with E-state index in [1.807, 2.05) is 0 Å². The Morgan fingerprint density at radius 3 is 2.39 bits per heavy atom. The Morgan fingerprint density at radius 2 is 1.77 bits per heavy atom. The standard InChI is InChI=1S/C20H28FN3O6S/c1-3-24(4-2)31(28,29)15-10-11-17(21)16(12-15)19(26)30-13-18(25)23-20(27)22-14-8-6-5-7-9-14/h10-12,14H,3-9,13H2,1-2H3,(H2,22,23,25,27). The number of urea groups is 1. The Labute approximate surface area is 181 Å². The van der Waals surface area contributed by atoms with Gasteiger partial charge in [-0.15, -0.1) is 0 Å². The fourth-order valence-corrected chi connectivity index (χ4v) is 4.86. The number of esters is 1. The fraction of sp³-hybridized carbons (Fsp3) is 0.550. The molecule has 0 aromatic heterocycles. The van der Waals surface area contributed by atoms with Crippen LogP contribution < -0.4 is 10.6 Å². The van der Waals surface area contributed by atoms with Crippen LogP contribution in [0.15, 0.2) is 23.1 Å². The van der Waals surface area contributed by atoms with Crippen LogP contribution in [-0.4, -0.2) is 56.4 Å². The van der Waals surface area contributed by atoms with Gasteiger partial charge in [0.15, 0.2) is 6.61 Å². The van der Waals surface area contributed by atoms with Crippen molar-refractivity contribution in [3.8, 4) is 0 Å². The molecule has 9 nitrogen and oxygen atoms in total. The zero-order chi connectivity index (χ0) is 23.0. The maximum Gasteiger partial charge on any atom is 0.341 e. The highest BCUT2D eigenvalue weighted by atomic mass is 32.2. The van der Waals surface area contributed by atoms with Gasteiger partial charge in [-0.2, -0.15) is 4.31 Å². The molecule has 0 unspecified atom stereocenters. The van der Waals surface area contributed by atoms with Gasteiger partial charge in [0, 0.05) is 19.1 Å². The lowest BCUT2D eigenvalue weighted by atomic mass is 9.96. The number of nitrogens with one attached hydrogen (secondary N) is 2. The molecule has 3 amide bonds. The van der Waals surface area contributed by atoms with Crippen molar-refractivity contribution in [3.63, 3.8) is 0 Å². The number of carbonyl (C=O) groups excluding carboxylic acids is 3. The minimum Gasteiger partial charge on any atom is -0.452 e. The largest absolute Gasteiger partial charge is 0.452 e. The molecule has 0 spiro atoms. The molecule has 0 radical (unpaired) electrons. The number of halogens is 1. The summed E-state index contributed by atoms with van der Waals surface area (Å²) in [6.45, 7) is 2.91. The lowest BCUT2D eigenvalue weighted by molar-refractivity contribution is -0.123. The number of rotatable bonds is 8. The second-order valence-corrected chi connectivity index (χ2v) is 9.10. The first-order valence-corrected chi connectivity index (χ1v) is 11.7. The highest BCUT2D eigenvalue weighted by molar-refractivity contribution is 7.89. The van der Waals surface area contributed by atoms with Crippen molar-refractivity contribution in [1.29, 1.82) is 0 Å². The van der Waals surface area contributed by atoms with Gasteiger partial charge < -0.3 is 10.1 Å². The molecule has 0 atom stereocenters. The summed E-state index contributed by atoms with van der Waals surface area (Å²) in [4.78, 5) is 35.7. The number of hydrogen-bond donors (Lipinski definition) is 2. The predicted molar refractivity (Wildman–Crippen MR) is 110 cm³/mol. The van der Waals surface area contributed by atoms with Crippen LogP contribution in [0.5, 0.6) is 0 Å². The minimum atomic E-state index is -3.91. The summed E-state index contributed by atoms with van der Waals surface area (Å²) in [6.07, 6.45) is 4.80. The van der Waals surface area contributed by atoms with Crippen molar-refractivity contribution in [2.45, 2.75) is 56.9 Å². The molecule has 1 saturated carbocycles. The van der Waals surface area contributed by atoms with Gasteiger partial charge in [0.2, 0.25) is 10.0 Å². The summed E-state index contributed by atoms with van der Waals surface area (Å²) in [5, 5.41) is 4.73. The molecule has 2 rings (SSSR count). The average Bonchev–Trinajstić information content (AvgIpc) is 2.73. The Balaban J connectivity index is 1.97. The third kappa shape index (κ3) is 6.73. The molecule has 1 aliphatic carbocycles. The van der Waals surface area contributed by atoms with Crippen molar-refractivity contribution < 1.29 is 31.9 Å². The number of imide groups is 1. The first-order chi connectivity index (χ1) is 14.7. The summed E-state index contributed by atoms with van der Waals surface area (Å²) < 4.78 is 45.2. The molecule has 1 fully saturated rings. The molecule has 1 aliphatic rings. The van der Waals surface area contributed by atoms with Crippen molar-refractivity contribution in [2.75, 3.05) is 19.7 Å². The summed E-state index contributed by atoms with van der Waals surface area (Å²) in [5.41, 5.74) is -0.618. The van der Waals surface area contributed by atoms with Crippen molar-refractivity contribution in [2.24, 2.45) is 0 Å². The van der Waals surface area contributed by atoms with E-state index < -0.39 is 45.9 Å². The smallest absolute Gasteiger partial charge is 0.341 e. The first-order valence-electron chi connectivity index (χ1n) is 10.3. The zero-order valence-electron chi connectivity index (χ0n) is 17.6. The summed E-state index contributed by atoms with van der Waals surface area (Å²) in [6, 6.07) is 2.09. The SMILES string of the molecule is CCN(CC)S(=O)(=O)c1ccc(F)c(C(=O)OCC(=O)NC(=O)NC2CCCCC2)c1. The number of benzene rings is 1. The van der Waals surface area contributed by atoms with Gasteiger partial charge >= 0.3 is 12.0 Å². The van der Waals surface area contributed by atoms with Gasteiger partial charge in [0.25, 0.3) is 5.91 Å². The third-order valence-electron chi connectivity index (χ3n) is 5.03. The van der Waals surface area contributed by atoms with E-state index in [1.165, 1.54) is 0 Å². The van der Waals surface area contributed by atoms with Crippen LogP contribution in [0.1, 0.15) is 56.3 Å². The van der Waals surface area contributed by atoms with Crippen LogP contribution in [0.4, 0.5) is 9.18 Å². The van der Waals surface area contributed by atoms with Gasteiger partial charge in [0.1, 0.15) is 5.82 Å². The topological polar surface area (TPSA) is 122 Å². The Hall–Kier alpha value is -2.53. The van der Waals surface area contributed by atoms with Gasteiger partial charge in [-0.3, -0.25) is 10.1 Å². The van der Waals surface area contributed by atoms with Crippen molar-refractivity contribution in [3.05, 3.63) is 29.6 Å². The summed E-state index contributed by atoms with van der Waals surface area (Å²) in [5.74, 6) is -3.08. The highest BCUT2D eigenvalue weighted by Gasteiger charge is 2.25. The van der Waals surface area contributed by atoms with E-state index in [9.17, 15) is 27.2 Å². The quantitative estimate of drug-likeness (QED) is 0.577. The Bertz CT molecular complexity index is 911. The number of ether oxygens (including phenoxy) is 1. The predicted octanol–water partition coefficient (Wildman–Crippen LogP) is 2.17. The molecule has 11 heteroatoms. The van der Waals surface area contributed by atoms with Crippen LogP contribution in [0.2, 0.25) is 0 Å². The maximum atomic E-state index is 14.1. The van der Waals surface area contributed by atoms with Gasteiger partial charge in [0.05, 0.1) is 10.5 Å². The van der Waals surface area contributed by atoms with Crippen LogP contribution in [0.25, 0.3) is 0 Å². The lowest BCUT2D eigenvalue weighted by Gasteiger charge is -2.22. The monoisotopic (exact) mass is 457 g/mol.